The molecule has 1 saturated carbocycles. The first kappa shape index (κ1) is 24.3. The molecule has 0 spiro atoms. The highest BCUT2D eigenvalue weighted by Crippen LogP contribution is 2.28. The first-order chi connectivity index (χ1) is 17.5. The van der Waals surface area contributed by atoms with Crippen LogP contribution in [-0.2, 0) is 11.2 Å². The van der Waals surface area contributed by atoms with Gasteiger partial charge >= 0.3 is 5.97 Å². The lowest BCUT2D eigenvalue weighted by Crippen LogP contribution is -2.51. The van der Waals surface area contributed by atoms with Crippen LogP contribution in [0.15, 0.2) is 48.5 Å². The van der Waals surface area contributed by atoms with Crippen molar-refractivity contribution < 1.29 is 14.7 Å². The zero-order chi connectivity index (χ0) is 25.1. The number of rotatable bonds is 6. The summed E-state index contributed by atoms with van der Waals surface area (Å²) in [6.07, 6.45) is 6.85. The predicted molar refractivity (Wildman–Crippen MR) is 143 cm³/mol. The number of hydrogen-bond donors (Lipinski definition) is 2. The summed E-state index contributed by atoms with van der Waals surface area (Å²) >= 11 is 0. The van der Waals surface area contributed by atoms with E-state index in [1.54, 1.807) is 24.3 Å². The Morgan fingerprint density at radius 1 is 0.972 bits per heavy atom. The SMILES string of the molecule is Cc1ccc(CC(=O)Nc2ccc3nc(N4CCN(C5CCCCC5)CC4)cc(C(=O)O)c3c2)cc1. The van der Waals surface area contributed by atoms with Crippen LogP contribution in [0, 0.1) is 6.92 Å². The number of pyridine rings is 1. The maximum atomic E-state index is 12.6. The smallest absolute Gasteiger partial charge is 0.336 e. The fourth-order valence-corrected chi connectivity index (χ4v) is 5.49. The molecule has 1 saturated heterocycles. The second kappa shape index (κ2) is 10.7. The Kier molecular flexibility index (Phi) is 7.18. The third-order valence-electron chi connectivity index (χ3n) is 7.52. The molecule has 3 aromatic rings. The Labute approximate surface area is 212 Å². The molecule has 2 fully saturated rings. The van der Waals surface area contributed by atoms with Crippen molar-refractivity contribution >= 4 is 34.3 Å². The van der Waals surface area contributed by atoms with Gasteiger partial charge in [-0.15, -0.1) is 0 Å². The average molecular weight is 487 g/mol. The summed E-state index contributed by atoms with van der Waals surface area (Å²) in [4.78, 5) is 34.3. The second-order valence-electron chi connectivity index (χ2n) is 10.1. The minimum atomic E-state index is -0.993. The van der Waals surface area contributed by atoms with E-state index in [9.17, 15) is 14.7 Å². The molecular formula is C29H34N4O3. The maximum absolute atomic E-state index is 12.6. The van der Waals surface area contributed by atoms with Gasteiger partial charge in [0, 0.05) is 43.3 Å². The van der Waals surface area contributed by atoms with E-state index in [1.165, 1.54) is 32.1 Å². The van der Waals surface area contributed by atoms with Gasteiger partial charge < -0.3 is 15.3 Å². The van der Waals surface area contributed by atoms with Gasteiger partial charge in [-0.3, -0.25) is 9.69 Å². The number of piperazine rings is 1. The van der Waals surface area contributed by atoms with Gasteiger partial charge in [0.25, 0.3) is 0 Å². The van der Waals surface area contributed by atoms with Gasteiger partial charge in [0.2, 0.25) is 5.91 Å². The molecule has 7 heteroatoms. The molecule has 0 atom stereocenters. The van der Waals surface area contributed by atoms with E-state index in [2.05, 4.69) is 15.1 Å². The van der Waals surface area contributed by atoms with Gasteiger partial charge in [0.15, 0.2) is 0 Å². The molecule has 188 valence electrons. The highest BCUT2D eigenvalue weighted by molar-refractivity contribution is 6.05. The third kappa shape index (κ3) is 5.51. The lowest BCUT2D eigenvalue weighted by Gasteiger charge is -2.41. The zero-order valence-electron chi connectivity index (χ0n) is 20.9. The molecule has 2 aliphatic rings. The molecule has 1 aliphatic carbocycles. The van der Waals surface area contributed by atoms with Gasteiger partial charge in [-0.25, -0.2) is 9.78 Å². The Morgan fingerprint density at radius 2 is 1.69 bits per heavy atom. The van der Waals surface area contributed by atoms with Crippen molar-refractivity contribution in [2.45, 2.75) is 51.5 Å². The Bertz CT molecular complexity index is 1240. The Balaban J connectivity index is 1.31. The van der Waals surface area contributed by atoms with E-state index in [4.69, 9.17) is 4.98 Å². The normalized spacial score (nSPS) is 17.3. The number of anilines is 2. The number of benzene rings is 2. The average Bonchev–Trinajstić information content (AvgIpc) is 2.90. The van der Waals surface area contributed by atoms with Crippen molar-refractivity contribution in [2.75, 3.05) is 36.4 Å². The molecule has 5 rings (SSSR count). The quantitative estimate of drug-likeness (QED) is 0.517. The lowest BCUT2D eigenvalue weighted by molar-refractivity contribution is -0.115. The molecule has 1 amide bonds. The molecule has 2 heterocycles. The van der Waals surface area contributed by atoms with E-state index in [0.29, 0.717) is 28.5 Å². The fraction of sp³-hybridized carbons (Fsp3) is 0.414. The number of aromatic carboxylic acids is 1. The third-order valence-corrected chi connectivity index (χ3v) is 7.52. The number of amides is 1. The van der Waals surface area contributed by atoms with E-state index in [0.717, 1.165) is 37.3 Å². The van der Waals surface area contributed by atoms with Crippen LogP contribution in [0.25, 0.3) is 10.9 Å². The Hall–Kier alpha value is -3.45. The molecule has 0 radical (unpaired) electrons. The van der Waals surface area contributed by atoms with Gasteiger partial charge in [-0.1, -0.05) is 49.1 Å². The highest BCUT2D eigenvalue weighted by atomic mass is 16.4. The molecular weight excluding hydrogens is 452 g/mol. The van der Waals surface area contributed by atoms with Crippen molar-refractivity contribution in [3.8, 4) is 0 Å². The fourth-order valence-electron chi connectivity index (χ4n) is 5.49. The Morgan fingerprint density at radius 3 is 2.39 bits per heavy atom. The largest absolute Gasteiger partial charge is 0.478 e. The first-order valence-electron chi connectivity index (χ1n) is 13.0. The number of fused-ring (bicyclic) bond motifs is 1. The number of carbonyl (C=O) groups is 2. The highest BCUT2D eigenvalue weighted by Gasteiger charge is 2.26. The summed E-state index contributed by atoms with van der Waals surface area (Å²) in [5.41, 5.74) is 3.47. The van der Waals surface area contributed by atoms with Gasteiger partial charge in [0.1, 0.15) is 5.82 Å². The molecule has 7 nitrogen and oxygen atoms in total. The van der Waals surface area contributed by atoms with E-state index in [-0.39, 0.29) is 17.9 Å². The molecule has 0 bridgehead atoms. The molecule has 0 unspecified atom stereocenters. The van der Waals surface area contributed by atoms with Crippen LogP contribution in [0.3, 0.4) is 0 Å². The summed E-state index contributed by atoms with van der Waals surface area (Å²) in [7, 11) is 0. The molecule has 1 aliphatic heterocycles. The van der Waals surface area contributed by atoms with E-state index < -0.39 is 5.97 Å². The zero-order valence-corrected chi connectivity index (χ0v) is 20.9. The van der Waals surface area contributed by atoms with Gasteiger partial charge in [-0.05, 0) is 49.6 Å². The second-order valence-corrected chi connectivity index (χ2v) is 10.1. The minimum absolute atomic E-state index is 0.143. The standard InChI is InChI=1S/C29H34N4O3/c1-20-7-9-21(10-8-20)17-28(34)30-22-11-12-26-24(18-22)25(29(35)36)19-27(31-26)33-15-13-32(14-16-33)23-5-3-2-4-6-23/h7-12,18-19,23H,2-6,13-17H2,1H3,(H,30,34)(H,35,36). The number of nitrogens with one attached hydrogen (secondary N) is 1. The van der Waals surface area contributed by atoms with Crippen molar-refractivity contribution in [2.24, 2.45) is 0 Å². The number of nitrogens with zero attached hydrogens (tertiary/aromatic N) is 3. The minimum Gasteiger partial charge on any atom is -0.478 e. The summed E-state index contributed by atoms with van der Waals surface area (Å²) in [6.45, 7) is 5.68. The van der Waals surface area contributed by atoms with Gasteiger partial charge in [-0.2, -0.15) is 0 Å². The van der Waals surface area contributed by atoms with Crippen LogP contribution < -0.4 is 10.2 Å². The van der Waals surface area contributed by atoms with Crippen LogP contribution in [0.1, 0.15) is 53.6 Å². The summed E-state index contributed by atoms with van der Waals surface area (Å²) in [5.74, 6) is -0.428. The van der Waals surface area contributed by atoms with Crippen molar-refractivity contribution in [1.82, 2.24) is 9.88 Å². The van der Waals surface area contributed by atoms with Crippen molar-refractivity contribution in [3.05, 3.63) is 65.2 Å². The number of aryl methyl sites for hydroxylation is 1. The predicted octanol–water partition coefficient (Wildman–Crippen LogP) is 4.88. The molecule has 2 aromatic carbocycles. The van der Waals surface area contributed by atoms with Crippen LogP contribution in [0.4, 0.5) is 11.5 Å². The number of hydrogen-bond acceptors (Lipinski definition) is 5. The number of aromatic nitrogens is 1. The number of carboxylic acids is 1. The summed E-state index contributed by atoms with van der Waals surface area (Å²) < 4.78 is 0. The maximum Gasteiger partial charge on any atom is 0.336 e. The first-order valence-corrected chi connectivity index (χ1v) is 13.0. The number of carbonyl (C=O) groups excluding carboxylic acids is 1. The van der Waals surface area contributed by atoms with Crippen molar-refractivity contribution in [1.29, 1.82) is 0 Å². The molecule has 1 aromatic heterocycles. The molecule has 36 heavy (non-hydrogen) atoms. The van der Waals surface area contributed by atoms with Crippen LogP contribution in [0.5, 0.6) is 0 Å². The monoisotopic (exact) mass is 486 g/mol. The van der Waals surface area contributed by atoms with E-state index in [1.807, 2.05) is 31.2 Å². The lowest BCUT2D eigenvalue weighted by atomic mass is 9.94. The van der Waals surface area contributed by atoms with Crippen molar-refractivity contribution in [3.63, 3.8) is 0 Å². The van der Waals surface area contributed by atoms with Gasteiger partial charge in [0.05, 0.1) is 17.5 Å². The number of carboxylic acid groups (broad SMARTS) is 1. The van der Waals surface area contributed by atoms with E-state index >= 15 is 0 Å². The topological polar surface area (TPSA) is 85.8 Å². The van der Waals surface area contributed by atoms with Crippen LogP contribution in [-0.4, -0.2) is 59.1 Å². The van der Waals surface area contributed by atoms with Crippen LogP contribution in [0.2, 0.25) is 0 Å². The molecule has 2 N–H and O–H groups in total. The summed E-state index contributed by atoms with van der Waals surface area (Å²) in [5, 5.41) is 13.4. The summed E-state index contributed by atoms with van der Waals surface area (Å²) in [6, 6.07) is 15.5. The van der Waals surface area contributed by atoms with Crippen LogP contribution >= 0.6 is 0 Å².